The van der Waals surface area contributed by atoms with E-state index in [2.05, 4.69) is 44.9 Å². The number of hydrogen-bond acceptors (Lipinski definition) is 2. The second-order valence-electron chi connectivity index (χ2n) is 3.36. The summed E-state index contributed by atoms with van der Waals surface area (Å²) in [6, 6.07) is 0.449. The number of fused-ring (bicyclic) bond motifs is 1. The molecule has 0 radical (unpaired) electrons. The molecule has 0 saturated heterocycles. The lowest BCUT2D eigenvalue weighted by Gasteiger charge is -2.08. The first-order valence-corrected chi connectivity index (χ1v) is 4.96. The van der Waals surface area contributed by atoms with Crippen LogP contribution in [0.5, 0.6) is 0 Å². The van der Waals surface area contributed by atoms with E-state index in [1.54, 1.807) is 0 Å². The van der Waals surface area contributed by atoms with Crippen molar-refractivity contribution in [3.63, 3.8) is 0 Å². The Morgan fingerprint density at radius 2 is 2.25 bits per heavy atom. The second kappa shape index (κ2) is 2.85. The summed E-state index contributed by atoms with van der Waals surface area (Å²) in [5.41, 5.74) is 2.65. The average molecular weight is 230 g/mol. The van der Waals surface area contributed by atoms with Crippen LogP contribution in [0.15, 0.2) is 4.60 Å². The number of halogens is 1. The molecule has 0 aliphatic carbocycles. The molecule has 66 valence electrons. The van der Waals surface area contributed by atoms with Crippen molar-refractivity contribution in [2.75, 3.05) is 0 Å². The van der Waals surface area contributed by atoms with Crippen LogP contribution in [0.1, 0.15) is 31.1 Å². The molecule has 0 unspecified atom stereocenters. The van der Waals surface area contributed by atoms with E-state index < -0.39 is 0 Å². The molecular weight excluding hydrogens is 218 g/mol. The Balaban J connectivity index is 2.51. The molecule has 1 aromatic rings. The Morgan fingerprint density at radius 3 is 2.92 bits per heavy atom. The van der Waals surface area contributed by atoms with Crippen molar-refractivity contribution in [1.82, 2.24) is 15.1 Å². The minimum atomic E-state index is 0.449. The highest BCUT2D eigenvalue weighted by molar-refractivity contribution is 9.10. The zero-order valence-electron chi connectivity index (χ0n) is 7.26. The Morgan fingerprint density at radius 1 is 1.50 bits per heavy atom. The normalized spacial score (nSPS) is 15.7. The average Bonchev–Trinajstić information content (AvgIpc) is 2.53. The summed E-state index contributed by atoms with van der Waals surface area (Å²) in [7, 11) is 0. The van der Waals surface area contributed by atoms with Crippen LogP contribution in [0, 0.1) is 0 Å². The Bertz CT molecular complexity index is 303. The van der Waals surface area contributed by atoms with Gasteiger partial charge in [-0.05, 0) is 29.8 Å². The number of nitrogens with zero attached hydrogens (tertiary/aromatic N) is 2. The number of nitrogens with one attached hydrogen (secondary N) is 1. The van der Waals surface area contributed by atoms with Gasteiger partial charge in [-0.3, -0.25) is 4.68 Å². The van der Waals surface area contributed by atoms with Gasteiger partial charge < -0.3 is 5.32 Å². The lowest BCUT2D eigenvalue weighted by Crippen LogP contribution is -2.10. The van der Waals surface area contributed by atoms with Gasteiger partial charge in [0.15, 0.2) is 0 Å². The zero-order chi connectivity index (χ0) is 8.72. The van der Waals surface area contributed by atoms with Gasteiger partial charge in [0.25, 0.3) is 0 Å². The van der Waals surface area contributed by atoms with E-state index in [0.717, 1.165) is 17.7 Å². The molecule has 2 rings (SSSR count). The van der Waals surface area contributed by atoms with E-state index in [-0.39, 0.29) is 0 Å². The summed E-state index contributed by atoms with van der Waals surface area (Å²) < 4.78 is 3.08. The maximum Gasteiger partial charge on any atom is 0.132 e. The minimum absolute atomic E-state index is 0.449. The lowest BCUT2D eigenvalue weighted by atomic mass is 10.3. The maximum absolute atomic E-state index is 4.43. The third-order valence-electron chi connectivity index (χ3n) is 2.15. The minimum Gasteiger partial charge on any atom is -0.307 e. The van der Waals surface area contributed by atoms with Crippen molar-refractivity contribution in [1.29, 1.82) is 0 Å². The van der Waals surface area contributed by atoms with Gasteiger partial charge in [0.1, 0.15) is 4.60 Å². The third-order valence-corrected chi connectivity index (χ3v) is 2.79. The first-order chi connectivity index (χ1) is 5.70. The van der Waals surface area contributed by atoms with Crippen LogP contribution >= 0.6 is 15.9 Å². The van der Waals surface area contributed by atoms with E-state index in [1.165, 1.54) is 11.3 Å². The molecule has 0 spiro atoms. The van der Waals surface area contributed by atoms with E-state index >= 15 is 0 Å². The predicted molar refractivity (Wildman–Crippen MR) is 50.9 cm³/mol. The molecule has 0 aromatic carbocycles. The lowest BCUT2D eigenvalue weighted by molar-refractivity contribution is 0.502. The van der Waals surface area contributed by atoms with Crippen LogP contribution in [-0.2, 0) is 13.1 Å². The Labute approximate surface area is 80.3 Å². The van der Waals surface area contributed by atoms with E-state index in [9.17, 15) is 0 Å². The van der Waals surface area contributed by atoms with Crippen LogP contribution in [-0.4, -0.2) is 9.78 Å². The summed E-state index contributed by atoms with van der Waals surface area (Å²) in [6.07, 6.45) is 0. The Hall–Kier alpha value is -0.350. The van der Waals surface area contributed by atoms with Crippen molar-refractivity contribution >= 4 is 15.9 Å². The molecule has 1 aromatic heterocycles. The summed E-state index contributed by atoms with van der Waals surface area (Å²) >= 11 is 3.46. The van der Waals surface area contributed by atoms with Crippen LogP contribution in [0.3, 0.4) is 0 Å². The third kappa shape index (κ3) is 1.10. The van der Waals surface area contributed by atoms with Gasteiger partial charge in [-0.1, -0.05) is 0 Å². The molecule has 4 heteroatoms. The first kappa shape index (κ1) is 8.26. The molecule has 3 nitrogen and oxygen atoms in total. The monoisotopic (exact) mass is 229 g/mol. The SMILES string of the molecule is CC(C)n1nc(Br)c2c1CNC2. The molecule has 0 fully saturated rings. The van der Waals surface area contributed by atoms with Gasteiger partial charge in [0.2, 0.25) is 0 Å². The molecule has 1 N–H and O–H groups in total. The molecule has 12 heavy (non-hydrogen) atoms. The molecule has 0 saturated carbocycles. The largest absolute Gasteiger partial charge is 0.307 e. The van der Waals surface area contributed by atoms with Gasteiger partial charge in [0.05, 0.1) is 5.69 Å². The quantitative estimate of drug-likeness (QED) is 0.797. The van der Waals surface area contributed by atoms with Crippen LogP contribution < -0.4 is 5.32 Å². The van der Waals surface area contributed by atoms with E-state index in [4.69, 9.17) is 0 Å². The van der Waals surface area contributed by atoms with Gasteiger partial charge in [-0.15, -0.1) is 0 Å². The summed E-state index contributed by atoms with van der Waals surface area (Å²) in [5, 5.41) is 7.74. The summed E-state index contributed by atoms with van der Waals surface area (Å²) in [5.74, 6) is 0. The van der Waals surface area contributed by atoms with Crippen molar-refractivity contribution in [3.8, 4) is 0 Å². The zero-order valence-corrected chi connectivity index (χ0v) is 8.85. The fraction of sp³-hybridized carbons (Fsp3) is 0.625. The van der Waals surface area contributed by atoms with Gasteiger partial charge in [-0.2, -0.15) is 5.10 Å². The highest BCUT2D eigenvalue weighted by Crippen LogP contribution is 2.25. The molecule has 2 heterocycles. The fourth-order valence-corrected chi connectivity index (χ4v) is 2.11. The molecular formula is C8H12BrN3. The summed E-state index contributed by atoms with van der Waals surface area (Å²) in [6.45, 7) is 6.20. The molecule has 0 amide bonds. The summed E-state index contributed by atoms with van der Waals surface area (Å²) in [4.78, 5) is 0. The number of hydrogen-bond donors (Lipinski definition) is 1. The van der Waals surface area contributed by atoms with Crippen molar-refractivity contribution < 1.29 is 0 Å². The Kier molecular flexibility index (Phi) is 1.96. The molecule has 0 atom stereocenters. The number of rotatable bonds is 1. The van der Waals surface area contributed by atoms with Gasteiger partial charge in [-0.25, -0.2) is 0 Å². The number of aromatic nitrogens is 2. The fourth-order valence-electron chi connectivity index (χ4n) is 1.57. The van der Waals surface area contributed by atoms with Gasteiger partial charge >= 0.3 is 0 Å². The second-order valence-corrected chi connectivity index (χ2v) is 4.11. The van der Waals surface area contributed by atoms with E-state index in [1.807, 2.05) is 0 Å². The van der Waals surface area contributed by atoms with Crippen LogP contribution in [0.25, 0.3) is 0 Å². The standard InChI is InChI=1S/C8H12BrN3/c1-5(2)12-7-4-10-3-6(7)8(9)11-12/h5,10H,3-4H2,1-2H3. The maximum atomic E-state index is 4.43. The first-order valence-electron chi connectivity index (χ1n) is 4.16. The molecule has 0 bridgehead atoms. The van der Waals surface area contributed by atoms with Crippen molar-refractivity contribution in [2.24, 2.45) is 0 Å². The van der Waals surface area contributed by atoms with Crippen molar-refractivity contribution in [3.05, 3.63) is 15.9 Å². The van der Waals surface area contributed by atoms with Gasteiger partial charge in [0, 0.05) is 24.7 Å². The smallest absolute Gasteiger partial charge is 0.132 e. The highest BCUT2D eigenvalue weighted by atomic mass is 79.9. The van der Waals surface area contributed by atoms with Crippen LogP contribution in [0.2, 0.25) is 0 Å². The van der Waals surface area contributed by atoms with Crippen LogP contribution in [0.4, 0.5) is 0 Å². The molecule has 1 aliphatic heterocycles. The highest BCUT2D eigenvalue weighted by Gasteiger charge is 2.21. The predicted octanol–water partition coefficient (Wildman–Crippen LogP) is 1.83. The van der Waals surface area contributed by atoms with Crippen molar-refractivity contribution in [2.45, 2.75) is 33.0 Å². The van der Waals surface area contributed by atoms with E-state index in [0.29, 0.717) is 6.04 Å². The topological polar surface area (TPSA) is 29.9 Å². The molecule has 1 aliphatic rings.